The van der Waals surface area contributed by atoms with E-state index in [0.29, 0.717) is 18.0 Å². The summed E-state index contributed by atoms with van der Waals surface area (Å²) in [6.07, 6.45) is 4.74. The largest absolute Gasteiger partial charge is 0.496 e. The number of rotatable bonds is 5. The second-order valence-corrected chi connectivity index (χ2v) is 4.61. The lowest BCUT2D eigenvalue weighted by Gasteiger charge is -2.06. The Kier molecular flexibility index (Phi) is 5.14. The molecule has 1 N–H and O–H groups in total. The Morgan fingerprint density at radius 1 is 1.27 bits per heavy atom. The first-order valence-electron chi connectivity index (χ1n) is 6.96. The van der Waals surface area contributed by atoms with Crippen LogP contribution in [0.2, 0.25) is 0 Å². The van der Waals surface area contributed by atoms with Crippen LogP contribution in [0, 0.1) is 0 Å². The van der Waals surface area contributed by atoms with Crippen molar-refractivity contribution in [2.24, 2.45) is 0 Å². The third kappa shape index (κ3) is 3.85. The van der Waals surface area contributed by atoms with Gasteiger partial charge in [0, 0.05) is 30.4 Å². The lowest BCUT2D eigenvalue weighted by molar-refractivity contribution is -0.111. The van der Waals surface area contributed by atoms with E-state index < -0.39 is 0 Å². The first kappa shape index (κ1) is 15.6. The number of methoxy groups -OCH3 is 1. The predicted octanol–water partition coefficient (Wildman–Crippen LogP) is 2.53. The number of nitrogens with one attached hydrogen (secondary N) is 1. The van der Waals surface area contributed by atoms with Gasteiger partial charge in [0.2, 0.25) is 5.91 Å². The maximum absolute atomic E-state index is 11.9. The first-order chi connectivity index (χ1) is 10.6. The van der Waals surface area contributed by atoms with E-state index in [4.69, 9.17) is 4.74 Å². The summed E-state index contributed by atoms with van der Waals surface area (Å²) >= 11 is 0. The van der Waals surface area contributed by atoms with Gasteiger partial charge in [-0.3, -0.25) is 9.59 Å². The molecule has 0 aliphatic heterocycles. The highest BCUT2D eigenvalue weighted by atomic mass is 16.5. The average molecular weight is 298 g/mol. The average Bonchev–Trinajstić information content (AvgIpc) is 2.55. The molecule has 0 radical (unpaired) electrons. The number of benzene rings is 1. The molecule has 0 aliphatic carbocycles. The van der Waals surface area contributed by atoms with Gasteiger partial charge in [-0.15, -0.1) is 0 Å². The minimum absolute atomic E-state index is 0.0925. The van der Waals surface area contributed by atoms with Crippen LogP contribution in [0.5, 0.6) is 5.75 Å². The smallest absolute Gasteiger partial charge is 0.250 e. The number of carbonyl (C=O) groups excluding carboxylic acids is 1. The summed E-state index contributed by atoms with van der Waals surface area (Å²) in [5, 5.41) is 2.73. The van der Waals surface area contributed by atoms with E-state index in [0.717, 1.165) is 5.56 Å². The van der Waals surface area contributed by atoms with Crippen LogP contribution >= 0.6 is 0 Å². The van der Waals surface area contributed by atoms with E-state index in [1.165, 1.54) is 16.7 Å². The van der Waals surface area contributed by atoms with E-state index in [9.17, 15) is 9.59 Å². The number of anilines is 1. The van der Waals surface area contributed by atoms with E-state index >= 15 is 0 Å². The third-order valence-corrected chi connectivity index (χ3v) is 3.14. The summed E-state index contributed by atoms with van der Waals surface area (Å²) in [5.41, 5.74) is 1.31. The molecule has 22 heavy (non-hydrogen) atoms. The number of pyridine rings is 1. The Balaban J connectivity index is 2.10. The van der Waals surface area contributed by atoms with Crippen molar-refractivity contribution in [1.82, 2.24) is 4.57 Å². The molecule has 1 aromatic carbocycles. The van der Waals surface area contributed by atoms with Crippen LogP contribution in [0.25, 0.3) is 6.08 Å². The second-order valence-electron chi connectivity index (χ2n) is 4.61. The number of nitrogens with zero attached hydrogens (tertiary/aromatic N) is 1. The van der Waals surface area contributed by atoms with Crippen molar-refractivity contribution in [3.05, 3.63) is 64.6 Å². The highest BCUT2D eigenvalue weighted by Crippen LogP contribution is 2.18. The zero-order valence-corrected chi connectivity index (χ0v) is 12.6. The molecular weight excluding hydrogens is 280 g/mol. The van der Waals surface area contributed by atoms with Crippen molar-refractivity contribution in [3.8, 4) is 5.75 Å². The van der Waals surface area contributed by atoms with Gasteiger partial charge in [0.1, 0.15) is 5.75 Å². The standard InChI is InChI=1S/C17H18N2O3/c1-3-19-12-14(9-11-17(19)21)18-16(20)10-8-13-6-4-5-7-15(13)22-2/h4-12H,3H2,1-2H3,(H,18,20)/b10-8-. The molecule has 0 aliphatic rings. The Morgan fingerprint density at radius 3 is 2.77 bits per heavy atom. The van der Waals surface area contributed by atoms with Gasteiger partial charge in [-0.05, 0) is 25.1 Å². The molecular formula is C17H18N2O3. The van der Waals surface area contributed by atoms with Crippen molar-refractivity contribution < 1.29 is 9.53 Å². The van der Waals surface area contributed by atoms with Crippen LogP contribution in [-0.4, -0.2) is 17.6 Å². The molecule has 0 atom stereocenters. The van der Waals surface area contributed by atoms with Gasteiger partial charge in [-0.1, -0.05) is 18.2 Å². The Labute approximate surface area is 128 Å². The van der Waals surface area contributed by atoms with Gasteiger partial charge in [0.15, 0.2) is 0 Å². The summed E-state index contributed by atoms with van der Waals surface area (Å²) in [7, 11) is 1.58. The molecule has 1 amide bonds. The van der Waals surface area contributed by atoms with Crippen LogP contribution in [0.4, 0.5) is 5.69 Å². The lowest BCUT2D eigenvalue weighted by Crippen LogP contribution is -2.19. The molecule has 0 spiro atoms. The van der Waals surface area contributed by atoms with Gasteiger partial charge >= 0.3 is 0 Å². The zero-order valence-electron chi connectivity index (χ0n) is 12.6. The summed E-state index contributed by atoms with van der Waals surface area (Å²) in [5.74, 6) is 0.429. The van der Waals surface area contributed by atoms with E-state index in [1.54, 1.807) is 25.4 Å². The quantitative estimate of drug-likeness (QED) is 0.863. The maximum Gasteiger partial charge on any atom is 0.250 e. The summed E-state index contributed by atoms with van der Waals surface area (Å²) in [6.45, 7) is 2.42. The van der Waals surface area contributed by atoms with Crippen LogP contribution in [0.1, 0.15) is 12.5 Å². The summed E-state index contributed by atoms with van der Waals surface area (Å²) < 4.78 is 6.75. The van der Waals surface area contributed by atoms with Gasteiger partial charge in [-0.25, -0.2) is 0 Å². The predicted molar refractivity (Wildman–Crippen MR) is 87.0 cm³/mol. The molecule has 0 saturated carbocycles. The van der Waals surface area contributed by atoms with E-state index in [-0.39, 0.29) is 11.5 Å². The molecule has 0 bridgehead atoms. The van der Waals surface area contributed by atoms with Gasteiger partial charge < -0.3 is 14.6 Å². The maximum atomic E-state index is 11.9. The fourth-order valence-electron chi connectivity index (χ4n) is 2.01. The number of ether oxygens (including phenoxy) is 1. The Bertz CT molecular complexity index is 748. The number of aryl methyl sites for hydroxylation is 1. The normalized spacial score (nSPS) is 10.6. The topological polar surface area (TPSA) is 60.3 Å². The van der Waals surface area contributed by atoms with Crippen molar-refractivity contribution >= 4 is 17.7 Å². The van der Waals surface area contributed by atoms with Crippen LogP contribution in [-0.2, 0) is 11.3 Å². The van der Waals surface area contributed by atoms with Gasteiger partial charge in [0.25, 0.3) is 5.56 Å². The first-order valence-corrected chi connectivity index (χ1v) is 6.96. The SMILES string of the molecule is CCn1cc(NC(=O)/C=C\c2ccccc2OC)ccc1=O. The molecule has 114 valence electrons. The summed E-state index contributed by atoms with van der Waals surface area (Å²) in [6, 6.07) is 10.4. The Morgan fingerprint density at radius 2 is 2.05 bits per heavy atom. The lowest BCUT2D eigenvalue weighted by atomic mass is 10.2. The number of para-hydroxylation sites is 1. The molecule has 0 unspecified atom stereocenters. The van der Waals surface area contributed by atoms with Crippen molar-refractivity contribution in [3.63, 3.8) is 0 Å². The minimum atomic E-state index is -0.271. The molecule has 5 nitrogen and oxygen atoms in total. The monoisotopic (exact) mass is 298 g/mol. The van der Waals surface area contributed by atoms with E-state index in [1.807, 2.05) is 31.2 Å². The molecule has 1 aromatic heterocycles. The van der Waals surface area contributed by atoms with Crippen molar-refractivity contribution in [1.29, 1.82) is 0 Å². The van der Waals surface area contributed by atoms with Crippen LogP contribution in [0.3, 0.4) is 0 Å². The molecule has 2 aromatic rings. The highest BCUT2D eigenvalue weighted by molar-refractivity contribution is 6.02. The van der Waals surface area contributed by atoms with Gasteiger partial charge in [0.05, 0.1) is 12.8 Å². The van der Waals surface area contributed by atoms with E-state index in [2.05, 4.69) is 5.32 Å². The fourth-order valence-corrected chi connectivity index (χ4v) is 2.01. The van der Waals surface area contributed by atoms with Crippen LogP contribution in [0.15, 0.2) is 53.5 Å². The van der Waals surface area contributed by atoms with Crippen molar-refractivity contribution in [2.75, 3.05) is 12.4 Å². The third-order valence-electron chi connectivity index (χ3n) is 3.14. The van der Waals surface area contributed by atoms with Gasteiger partial charge in [-0.2, -0.15) is 0 Å². The number of hydrogen-bond acceptors (Lipinski definition) is 3. The minimum Gasteiger partial charge on any atom is -0.496 e. The number of amides is 1. The number of hydrogen-bond donors (Lipinski definition) is 1. The molecule has 5 heteroatoms. The second kappa shape index (κ2) is 7.26. The summed E-state index contributed by atoms with van der Waals surface area (Å²) in [4.78, 5) is 23.4. The molecule has 1 heterocycles. The zero-order chi connectivity index (χ0) is 15.9. The van der Waals surface area contributed by atoms with Crippen LogP contribution < -0.4 is 15.6 Å². The molecule has 0 fully saturated rings. The number of carbonyl (C=O) groups is 1. The number of aromatic nitrogens is 1. The fraction of sp³-hybridized carbons (Fsp3) is 0.176. The molecule has 0 saturated heterocycles. The highest BCUT2D eigenvalue weighted by Gasteiger charge is 2.02. The van der Waals surface area contributed by atoms with Crippen molar-refractivity contribution in [2.45, 2.75) is 13.5 Å². The molecule has 2 rings (SSSR count). The Hall–Kier alpha value is -2.82.